The van der Waals surface area contributed by atoms with Crippen LogP contribution in [-0.2, 0) is 6.42 Å². The van der Waals surface area contributed by atoms with E-state index in [2.05, 4.69) is 54.1 Å². The molecule has 30 heavy (non-hydrogen) atoms. The largest absolute Gasteiger partial charge is 0.508 e. The van der Waals surface area contributed by atoms with Crippen LogP contribution in [0.4, 0.5) is 0 Å². The van der Waals surface area contributed by atoms with E-state index in [0.717, 1.165) is 23.2 Å². The maximum atomic E-state index is 9.89. The Morgan fingerprint density at radius 3 is 2.43 bits per heavy atom. The molecule has 5 rings (SSSR count). The number of fused-ring (bicyclic) bond motifs is 1. The summed E-state index contributed by atoms with van der Waals surface area (Å²) in [5.41, 5.74) is 8.23. The minimum absolute atomic E-state index is 0.299. The highest BCUT2D eigenvalue weighted by molar-refractivity contribution is 6.02. The number of hydrogen-bond acceptors (Lipinski definition) is 2. The van der Waals surface area contributed by atoms with Gasteiger partial charge < -0.3 is 5.11 Å². The van der Waals surface area contributed by atoms with Crippen molar-refractivity contribution < 1.29 is 5.11 Å². The Morgan fingerprint density at radius 1 is 0.967 bits per heavy atom. The quantitative estimate of drug-likeness (QED) is 0.401. The zero-order valence-electron chi connectivity index (χ0n) is 17.7. The molecule has 0 spiro atoms. The van der Waals surface area contributed by atoms with Gasteiger partial charge in [-0.3, -0.25) is 4.68 Å². The first kappa shape index (κ1) is 18.9. The SMILES string of the molecule is CCc1ccc(-c2cccc3c(-c4ccc(O)cc4C)nn(C4CCCC4)c23)cc1. The van der Waals surface area contributed by atoms with E-state index in [1.165, 1.54) is 53.3 Å². The minimum atomic E-state index is 0.299. The summed E-state index contributed by atoms with van der Waals surface area (Å²) in [4.78, 5) is 0. The molecule has 4 aromatic rings. The number of aryl methyl sites for hydroxylation is 2. The van der Waals surface area contributed by atoms with Gasteiger partial charge in [0.1, 0.15) is 11.4 Å². The number of hydrogen-bond donors (Lipinski definition) is 1. The molecular weight excluding hydrogens is 368 g/mol. The summed E-state index contributed by atoms with van der Waals surface area (Å²) in [5.74, 6) is 0.299. The number of benzene rings is 3. The van der Waals surface area contributed by atoms with Crippen LogP contribution >= 0.6 is 0 Å². The number of nitrogens with zero attached hydrogens (tertiary/aromatic N) is 2. The van der Waals surface area contributed by atoms with Crippen molar-refractivity contribution in [2.75, 3.05) is 0 Å². The van der Waals surface area contributed by atoms with E-state index in [9.17, 15) is 5.11 Å². The molecule has 0 unspecified atom stereocenters. The maximum Gasteiger partial charge on any atom is 0.115 e. The Bertz CT molecular complexity index is 1200. The van der Waals surface area contributed by atoms with Gasteiger partial charge in [0.25, 0.3) is 0 Å². The third-order valence-electron chi connectivity index (χ3n) is 6.54. The van der Waals surface area contributed by atoms with Crippen molar-refractivity contribution in [3.8, 4) is 28.1 Å². The van der Waals surface area contributed by atoms with Gasteiger partial charge in [-0.1, -0.05) is 62.2 Å². The molecule has 0 radical (unpaired) electrons. The van der Waals surface area contributed by atoms with Crippen LogP contribution in [0.5, 0.6) is 5.75 Å². The van der Waals surface area contributed by atoms with E-state index in [1.54, 1.807) is 6.07 Å². The fourth-order valence-corrected chi connectivity index (χ4v) is 4.87. The van der Waals surface area contributed by atoms with Gasteiger partial charge in [-0.2, -0.15) is 5.10 Å². The summed E-state index contributed by atoms with van der Waals surface area (Å²) in [6.45, 7) is 4.24. The molecule has 152 valence electrons. The van der Waals surface area contributed by atoms with Gasteiger partial charge in [-0.15, -0.1) is 0 Å². The molecule has 3 heteroatoms. The van der Waals surface area contributed by atoms with Crippen LogP contribution in [0, 0.1) is 6.92 Å². The van der Waals surface area contributed by atoms with Crippen molar-refractivity contribution >= 4 is 10.9 Å². The highest BCUT2D eigenvalue weighted by atomic mass is 16.3. The van der Waals surface area contributed by atoms with Crippen LogP contribution in [-0.4, -0.2) is 14.9 Å². The number of para-hydroxylation sites is 1. The van der Waals surface area contributed by atoms with Gasteiger partial charge in [0, 0.05) is 16.5 Å². The molecule has 1 N–H and O–H groups in total. The van der Waals surface area contributed by atoms with Gasteiger partial charge in [0.15, 0.2) is 0 Å². The van der Waals surface area contributed by atoms with Gasteiger partial charge in [0.05, 0.1) is 11.6 Å². The predicted octanol–water partition coefficient (Wildman–Crippen LogP) is 7.06. The van der Waals surface area contributed by atoms with Crippen LogP contribution < -0.4 is 0 Å². The summed E-state index contributed by atoms with van der Waals surface area (Å²) >= 11 is 0. The Morgan fingerprint density at radius 2 is 1.73 bits per heavy atom. The van der Waals surface area contributed by atoms with Crippen molar-refractivity contribution in [2.45, 2.75) is 52.0 Å². The van der Waals surface area contributed by atoms with E-state index in [-0.39, 0.29) is 0 Å². The van der Waals surface area contributed by atoms with Crippen molar-refractivity contribution in [1.82, 2.24) is 9.78 Å². The maximum absolute atomic E-state index is 9.89. The minimum Gasteiger partial charge on any atom is -0.508 e. The standard InChI is InChI=1S/C27H28N2O/c1-3-19-11-13-20(14-12-19)24-9-6-10-25-26(23-16-15-22(30)17-18(23)2)28-29(27(24)25)21-7-4-5-8-21/h6,9-17,21,30H,3-5,7-8H2,1-2H3. The van der Waals surface area contributed by atoms with Crippen LogP contribution in [0.2, 0.25) is 0 Å². The topological polar surface area (TPSA) is 38.1 Å². The molecule has 0 bridgehead atoms. The smallest absolute Gasteiger partial charge is 0.115 e. The second-order valence-electron chi connectivity index (χ2n) is 8.48. The fraction of sp³-hybridized carbons (Fsp3) is 0.296. The zero-order chi connectivity index (χ0) is 20.7. The number of phenolic OH excluding ortho intramolecular Hbond substituents is 1. The first-order chi connectivity index (χ1) is 14.7. The van der Waals surface area contributed by atoms with E-state index in [1.807, 2.05) is 19.1 Å². The number of rotatable bonds is 4. The fourth-order valence-electron chi connectivity index (χ4n) is 4.87. The molecule has 3 aromatic carbocycles. The summed E-state index contributed by atoms with van der Waals surface area (Å²) in [6.07, 6.45) is 5.97. The number of aromatic nitrogens is 2. The molecule has 0 saturated heterocycles. The summed E-state index contributed by atoms with van der Waals surface area (Å²) in [7, 11) is 0. The van der Waals surface area contributed by atoms with E-state index in [4.69, 9.17) is 5.10 Å². The molecule has 1 aliphatic rings. The molecule has 3 nitrogen and oxygen atoms in total. The van der Waals surface area contributed by atoms with Crippen LogP contribution in [0.25, 0.3) is 33.3 Å². The van der Waals surface area contributed by atoms with Crippen LogP contribution in [0.15, 0.2) is 60.7 Å². The molecule has 1 aromatic heterocycles. The number of phenols is 1. The van der Waals surface area contributed by atoms with Crippen molar-refractivity contribution in [1.29, 1.82) is 0 Å². The number of aromatic hydroxyl groups is 1. The van der Waals surface area contributed by atoms with E-state index < -0.39 is 0 Å². The second kappa shape index (κ2) is 7.64. The normalized spacial score (nSPS) is 14.6. The molecule has 0 aliphatic heterocycles. The first-order valence-electron chi connectivity index (χ1n) is 11.1. The highest BCUT2D eigenvalue weighted by Crippen LogP contribution is 2.40. The second-order valence-corrected chi connectivity index (χ2v) is 8.48. The predicted molar refractivity (Wildman–Crippen MR) is 124 cm³/mol. The third-order valence-corrected chi connectivity index (χ3v) is 6.54. The summed E-state index contributed by atoms with van der Waals surface area (Å²) in [6, 6.07) is 21.5. The van der Waals surface area contributed by atoms with E-state index in [0.29, 0.717) is 11.8 Å². The Balaban J connectivity index is 1.77. The molecule has 1 saturated carbocycles. The molecule has 0 atom stereocenters. The van der Waals surface area contributed by atoms with Gasteiger partial charge in [-0.05, 0) is 61.1 Å². The Kier molecular flexibility index (Phi) is 4.82. The van der Waals surface area contributed by atoms with E-state index >= 15 is 0 Å². The molecule has 1 heterocycles. The lowest BCUT2D eigenvalue weighted by Crippen LogP contribution is -2.07. The van der Waals surface area contributed by atoms with Gasteiger partial charge in [-0.25, -0.2) is 0 Å². The molecule has 1 fully saturated rings. The molecule has 0 amide bonds. The van der Waals surface area contributed by atoms with Crippen molar-refractivity contribution in [3.05, 3.63) is 71.8 Å². The van der Waals surface area contributed by atoms with Gasteiger partial charge >= 0.3 is 0 Å². The van der Waals surface area contributed by atoms with Crippen LogP contribution in [0.1, 0.15) is 49.8 Å². The zero-order valence-corrected chi connectivity index (χ0v) is 17.7. The highest BCUT2D eigenvalue weighted by Gasteiger charge is 2.24. The molecule has 1 aliphatic carbocycles. The lowest BCUT2D eigenvalue weighted by Gasteiger charge is -2.14. The third kappa shape index (κ3) is 3.19. The first-order valence-corrected chi connectivity index (χ1v) is 11.1. The van der Waals surface area contributed by atoms with Gasteiger partial charge in [0.2, 0.25) is 0 Å². The lowest BCUT2D eigenvalue weighted by molar-refractivity contribution is 0.475. The summed E-state index contributed by atoms with van der Waals surface area (Å²) in [5, 5.41) is 16.3. The van der Waals surface area contributed by atoms with Crippen molar-refractivity contribution in [2.24, 2.45) is 0 Å². The lowest BCUT2D eigenvalue weighted by atomic mass is 9.97. The average molecular weight is 397 g/mol. The monoisotopic (exact) mass is 396 g/mol. The van der Waals surface area contributed by atoms with Crippen LogP contribution in [0.3, 0.4) is 0 Å². The Labute approximate surface area is 178 Å². The average Bonchev–Trinajstić information content (AvgIpc) is 3.42. The summed E-state index contributed by atoms with van der Waals surface area (Å²) < 4.78 is 2.30. The molecular formula is C27H28N2O. The Hall–Kier alpha value is -3.07. The van der Waals surface area contributed by atoms with Crippen molar-refractivity contribution in [3.63, 3.8) is 0 Å².